The second kappa shape index (κ2) is 6.49. The van der Waals surface area contributed by atoms with Gasteiger partial charge in [-0.15, -0.1) is 0 Å². The molecule has 3 N–H and O–H groups in total. The fourth-order valence-electron chi connectivity index (χ4n) is 1.36. The summed E-state index contributed by atoms with van der Waals surface area (Å²) in [4.78, 5) is 2.08. The molecule has 0 saturated carbocycles. The second-order valence-electron chi connectivity index (χ2n) is 4.16. The Morgan fingerprint density at radius 3 is 2.61 bits per heavy atom. The molecule has 0 aliphatic rings. The molecule has 102 valence electrons. The van der Waals surface area contributed by atoms with E-state index >= 15 is 0 Å². The number of nitrogens with one attached hydrogen (secondary N) is 1. The van der Waals surface area contributed by atoms with Gasteiger partial charge in [-0.3, -0.25) is 0 Å². The third kappa shape index (κ3) is 4.22. The van der Waals surface area contributed by atoms with Crippen LogP contribution in [-0.2, 0) is 16.6 Å². The van der Waals surface area contributed by atoms with Crippen molar-refractivity contribution in [1.29, 1.82) is 0 Å². The maximum Gasteiger partial charge on any atom is 0.240 e. The maximum atomic E-state index is 12.0. The van der Waals surface area contributed by atoms with Crippen molar-refractivity contribution in [1.82, 2.24) is 9.62 Å². The van der Waals surface area contributed by atoms with Crippen molar-refractivity contribution in [3.05, 3.63) is 28.8 Å². The van der Waals surface area contributed by atoms with Crippen LogP contribution >= 0.6 is 11.6 Å². The molecule has 0 amide bonds. The molecule has 0 spiro atoms. The van der Waals surface area contributed by atoms with Gasteiger partial charge < -0.3 is 10.6 Å². The summed E-state index contributed by atoms with van der Waals surface area (Å²) in [5.74, 6) is 0. The molecule has 1 rings (SSSR count). The van der Waals surface area contributed by atoms with Crippen LogP contribution in [0.25, 0.3) is 0 Å². The summed E-state index contributed by atoms with van der Waals surface area (Å²) in [6.45, 7) is 1.20. The molecular formula is C11H18ClN3O2S. The minimum absolute atomic E-state index is 0.186. The summed E-state index contributed by atoms with van der Waals surface area (Å²) in [5.41, 5.74) is 6.11. The van der Waals surface area contributed by atoms with E-state index in [1.807, 2.05) is 19.0 Å². The van der Waals surface area contributed by atoms with E-state index in [0.717, 1.165) is 0 Å². The fourth-order valence-corrected chi connectivity index (χ4v) is 2.63. The molecule has 0 fully saturated rings. The van der Waals surface area contributed by atoms with Gasteiger partial charge in [0.25, 0.3) is 0 Å². The molecule has 0 heterocycles. The number of hydrogen-bond acceptors (Lipinski definition) is 4. The average molecular weight is 292 g/mol. The number of likely N-dealkylation sites (N-methyl/N-ethyl adjacent to an activating group) is 1. The normalized spacial score (nSPS) is 12.1. The first-order valence-corrected chi connectivity index (χ1v) is 7.36. The van der Waals surface area contributed by atoms with Gasteiger partial charge in [-0.25, -0.2) is 13.1 Å². The van der Waals surface area contributed by atoms with Gasteiger partial charge in [0.15, 0.2) is 0 Å². The smallest absolute Gasteiger partial charge is 0.240 e. The van der Waals surface area contributed by atoms with E-state index in [0.29, 0.717) is 23.7 Å². The van der Waals surface area contributed by atoms with Gasteiger partial charge in [0.2, 0.25) is 10.0 Å². The van der Waals surface area contributed by atoms with Crippen molar-refractivity contribution in [3.63, 3.8) is 0 Å². The van der Waals surface area contributed by atoms with Gasteiger partial charge in [-0.2, -0.15) is 0 Å². The van der Waals surface area contributed by atoms with E-state index < -0.39 is 10.0 Å². The zero-order chi connectivity index (χ0) is 13.8. The molecule has 0 aromatic heterocycles. The summed E-state index contributed by atoms with van der Waals surface area (Å²) < 4.78 is 26.5. The van der Waals surface area contributed by atoms with Crippen LogP contribution in [0, 0.1) is 0 Å². The Kier molecular flexibility index (Phi) is 5.55. The van der Waals surface area contributed by atoms with Crippen LogP contribution in [0.15, 0.2) is 23.1 Å². The lowest BCUT2D eigenvalue weighted by atomic mass is 10.2. The van der Waals surface area contributed by atoms with Crippen molar-refractivity contribution in [2.75, 3.05) is 27.2 Å². The lowest BCUT2D eigenvalue weighted by molar-refractivity contribution is 0.412. The topological polar surface area (TPSA) is 75.4 Å². The van der Waals surface area contributed by atoms with E-state index in [-0.39, 0.29) is 11.4 Å². The first-order valence-electron chi connectivity index (χ1n) is 5.49. The molecular weight excluding hydrogens is 274 g/mol. The second-order valence-corrected chi connectivity index (χ2v) is 6.33. The lowest BCUT2D eigenvalue weighted by Gasteiger charge is -2.11. The number of benzene rings is 1. The molecule has 1 aromatic carbocycles. The van der Waals surface area contributed by atoms with E-state index in [2.05, 4.69) is 4.72 Å². The van der Waals surface area contributed by atoms with Crippen LogP contribution < -0.4 is 10.5 Å². The van der Waals surface area contributed by atoms with Crippen LogP contribution in [-0.4, -0.2) is 40.5 Å². The Labute approximate surface area is 113 Å². The molecule has 0 aliphatic carbocycles. The zero-order valence-electron chi connectivity index (χ0n) is 10.5. The summed E-state index contributed by atoms with van der Waals surface area (Å²) in [6.07, 6.45) is 0. The summed E-state index contributed by atoms with van der Waals surface area (Å²) in [6, 6.07) is 4.52. The maximum absolute atomic E-state index is 12.0. The Morgan fingerprint density at radius 2 is 2.06 bits per heavy atom. The largest absolute Gasteiger partial charge is 0.326 e. The molecule has 7 heteroatoms. The number of halogens is 1. The number of nitrogens with zero attached hydrogens (tertiary/aromatic N) is 1. The molecule has 1 aromatic rings. The van der Waals surface area contributed by atoms with E-state index in [4.69, 9.17) is 17.3 Å². The van der Waals surface area contributed by atoms with Gasteiger partial charge in [0, 0.05) is 24.7 Å². The highest BCUT2D eigenvalue weighted by atomic mass is 35.5. The number of hydrogen-bond donors (Lipinski definition) is 2. The molecule has 0 radical (unpaired) electrons. The average Bonchev–Trinajstić information content (AvgIpc) is 2.28. The van der Waals surface area contributed by atoms with Crippen LogP contribution in [0.3, 0.4) is 0 Å². The standard InChI is InChI=1S/C11H18ClN3O2S/c1-15(2)6-5-14-18(16,17)10-3-4-11(12)9(7-10)8-13/h3-4,7,14H,5-6,8,13H2,1-2H3. The number of rotatable bonds is 6. The SMILES string of the molecule is CN(C)CCNS(=O)(=O)c1ccc(Cl)c(CN)c1. The monoisotopic (exact) mass is 291 g/mol. The minimum atomic E-state index is -3.50. The highest BCUT2D eigenvalue weighted by Crippen LogP contribution is 2.19. The lowest BCUT2D eigenvalue weighted by Crippen LogP contribution is -2.31. The minimum Gasteiger partial charge on any atom is -0.326 e. The van der Waals surface area contributed by atoms with E-state index in [1.54, 1.807) is 6.07 Å². The Hall–Kier alpha value is -0.660. The number of nitrogens with two attached hydrogens (primary N) is 1. The summed E-state index contributed by atoms with van der Waals surface area (Å²) in [7, 11) is 0.260. The third-order valence-electron chi connectivity index (χ3n) is 2.40. The van der Waals surface area contributed by atoms with Crippen molar-refractivity contribution in [2.45, 2.75) is 11.4 Å². The van der Waals surface area contributed by atoms with E-state index in [9.17, 15) is 8.42 Å². The highest BCUT2D eigenvalue weighted by Gasteiger charge is 2.14. The zero-order valence-corrected chi connectivity index (χ0v) is 12.1. The van der Waals surface area contributed by atoms with Gasteiger partial charge in [0.05, 0.1) is 4.90 Å². The van der Waals surface area contributed by atoms with Gasteiger partial charge in [0.1, 0.15) is 0 Å². The van der Waals surface area contributed by atoms with Crippen LogP contribution in [0.4, 0.5) is 0 Å². The van der Waals surface area contributed by atoms with Crippen molar-refractivity contribution < 1.29 is 8.42 Å². The summed E-state index contributed by atoms with van der Waals surface area (Å²) >= 11 is 5.89. The quantitative estimate of drug-likeness (QED) is 0.806. The third-order valence-corrected chi connectivity index (χ3v) is 4.23. The molecule has 0 aliphatic heterocycles. The Balaban J connectivity index is 2.85. The molecule has 18 heavy (non-hydrogen) atoms. The predicted molar refractivity (Wildman–Crippen MR) is 73.1 cm³/mol. The van der Waals surface area contributed by atoms with E-state index in [1.165, 1.54) is 12.1 Å². The van der Waals surface area contributed by atoms with Gasteiger partial charge in [-0.1, -0.05) is 11.6 Å². The first-order chi connectivity index (χ1) is 8.36. The highest BCUT2D eigenvalue weighted by molar-refractivity contribution is 7.89. The van der Waals surface area contributed by atoms with Gasteiger partial charge >= 0.3 is 0 Å². The van der Waals surface area contributed by atoms with Crippen molar-refractivity contribution in [3.8, 4) is 0 Å². The number of sulfonamides is 1. The molecule has 0 unspecified atom stereocenters. The Morgan fingerprint density at radius 1 is 1.39 bits per heavy atom. The predicted octanol–water partition coefficient (Wildman–Crippen LogP) is 0.639. The molecule has 5 nitrogen and oxygen atoms in total. The molecule has 0 saturated heterocycles. The van der Waals surface area contributed by atoms with Gasteiger partial charge in [-0.05, 0) is 37.9 Å². The summed E-state index contributed by atoms with van der Waals surface area (Å²) in [5, 5.41) is 0.477. The molecule has 0 bridgehead atoms. The van der Waals surface area contributed by atoms with Crippen LogP contribution in [0.5, 0.6) is 0 Å². The van der Waals surface area contributed by atoms with Crippen molar-refractivity contribution in [2.24, 2.45) is 5.73 Å². The van der Waals surface area contributed by atoms with Crippen LogP contribution in [0.1, 0.15) is 5.56 Å². The van der Waals surface area contributed by atoms with Crippen molar-refractivity contribution >= 4 is 21.6 Å². The molecule has 0 atom stereocenters. The fraction of sp³-hybridized carbons (Fsp3) is 0.455. The Bertz CT molecular complexity index is 503. The van der Waals surface area contributed by atoms with Crippen LogP contribution in [0.2, 0.25) is 5.02 Å². The first kappa shape index (κ1) is 15.4.